The van der Waals surface area contributed by atoms with Crippen molar-refractivity contribution >= 4 is 10.0 Å². The highest BCUT2D eigenvalue weighted by Crippen LogP contribution is 2.26. The third-order valence-electron chi connectivity index (χ3n) is 4.86. The topological polar surface area (TPSA) is 63.4 Å². The van der Waals surface area contributed by atoms with E-state index in [4.69, 9.17) is 5.73 Å². The largest absolute Gasteiger partial charge is 0.328 e. The third-order valence-corrected chi connectivity index (χ3v) is 6.74. The van der Waals surface area contributed by atoms with Crippen LogP contribution in [-0.4, -0.2) is 31.9 Å². The van der Waals surface area contributed by atoms with Crippen molar-refractivity contribution in [3.8, 4) is 0 Å². The summed E-state index contributed by atoms with van der Waals surface area (Å²) in [5, 5.41) is 0. The van der Waals surface area contributed by atoms with Gasteiger partial charge in [0.15, 0.2) is 0 Å². The molecule has 124 valence electrons. The fraction of sp³-hybridized carbons (Fsp3) is 0.647. The van der Waals surface area contributed by atoms with Crippen LogP contribution in [0.3, 0.4) is 0 Å². The molecule has 1 aliphatic rings. The summed E-state index contributed by atoms with van der Waals surface area (Å²) in [6.07, 6.45) is 2.95. The summed E-state index contributed by atoms with van der Waals surface area (Å²) >= 11 is 0. The zero-order chi connectivity index (χ0) is 16.3. The lowest BCUT2D eigenvalue weighted by molar-refractivity contribution is 0.243. The van der Waals surface area contributed by atoms with Crippen LogP contribution in [0.4, 0.5) is 0 Å². The summed E-state index contributed by atoms with van der Waals surface area (Å²) in [7, 11) is -3.40. The number of benzene rings is 1. The summed E-state index contributed by atoms with van der Waals surface area (Å²) in [6, 6.07) is 7.39. The number of nitrogens with zero attached hydrogens (tertiary/aromatic N) is 1. The maximum absolute atomic E-state index is 12.8. The molecule has 1 aromatic rings. The van der Waals surface area contributed by atoms with Gasteiger partial charge in [-0.05, 0) is 55.7 Å². The Morgan fingerprint density at radius 1 is 1.27 bits per heavy atom. The van der Waals surface area contributed by atoms with Crippen LogP contribution in [0.15, 0.2) is 29.2 Å². The molecule has 0 aliphatic carbocycles. The van der Waals surface area contributed by atoms with E-state index < -0.39 is 10.0 Å². The van der Waals surface area contributed by atoms with Crippen LogP contribution in [0.1, 0.15) is 51.5 Å². The molecule has 1 aliphatic heterocycles. The number of hydrogen-bond acceptors (Lipinski definition) is 3. The van der Waals surface area contributed by atoms with Crippen LogP contribution in [0, 0.1) is 5.92 Å². The van der Waals surface area contributed by atoms with E-state index >= 15 is 0 Å². The van der Waals surface area contributed by atoms with Gasteiger partial charge in [0.2, 0.25) is 10.0 Å². The fourth-order valence-electron chi connectivity index (χ4n) is 2.97. The second-order valence-corrected chi connectivity index (χ2v) is 8.44. The first kappa shape index (κ1) is 17.4. The van der Waals surface area contributed by atoms with Crippen molar-refractivity contribution < 1.29 is 8.42 Å². The van der Waals surface area contributed by atoms with Crippen LogP contribution in [0.2, 0.25) is 0 Å². The van der Waals surface area contributed by atoms with Gasteiger partial charge in [-0.15, -0.1) is 0 Å². The number of rotatable bonds is 5. The van der Waals surface area contributed by atoms with Crippen LogP contribution in [0.25, 0.3) is 0 Å². The molecule has 3 unspecified atom stereocenters. The molecule has 1 saturated heterocycles. The molecule has 4 nitrogen and oxygen atoms in total. The molecule has 0 saturated carbocycles. The Bertz CT molecular complexity index is 581. The quantitative estimate of drug-likeness (QED) is 0.905. The van der Waals surface area contributed by atoms with Gasteiger partial charge in [0, 0.05) is 19.1 Å². The Kier molecular flexibility index (Phi) is 5.64. The summed E-state index contributed by atoms with van der Waals surface area (Å²) in [5.74, 6) is 0.706. The van der Waals surface area contributed by atoms with Crippen LogP contribution in [0.5, 0.6) is 0 Å². The lowest BCUT2D eigenvalue weighted by Gasteiger charge is -2.33. The molecule has 0 radical (unpaired) electrons. The van der Waals surface area contributed by atoms with Gasteiger partial charge < -0.3 is 5.73 Å². The first-order chi connectivity index (χ1) is 10.4. The second-order valence-electron chi connectivity index (χ2n) is 6.50. The van der Waals surface area contributed by atoms with Gasteiger partial charge >= 0.3 is 0 Å². The minimum absolute atomic E-state index is 0.0331. The molecular formula is C17H28N2O2S. The second kappa shape index (κ2) is 7.11. The third kappa shape index (κ3) is 3.70. The Labute approximate surface area is 134 Å². The Hall–Kier alpha value is -0.910. The maximum atomic E-state index is 12.8. The average molecular weight is 324 g/mol. The number of hydrogen-bond donors (Lipinski definition) is 1. The monoisotopic (exact) mass is 324 g/mol. The fourth-order valence-corrected chi connectivity index (χ4v) is 4.51. The van der Waals surface area contributed by atoms with E-state index in [1.807, 2.05) is 19.1 Å². The highest BCUT2D eigenvalue weighted by molar-refractivity contribution is 7.89. The predicted molar refractivity (Wildman–Crippen MR) is 90.3 cm³/mol. The van der Waals surface area contributed by atoms with Crippen molar-refractivity contribution in [2.45, 2.75) is 56.9 Å². The molecule has 0 aromatic heterocycles. The maximum Gasteiger partial charge on any atom is 0.243 e. The molecular weight excluding hydrogens is 296 g/mol. The molecule has 1 aromatic carbocycles. The van der Waals surface area contributed by atoms with Crippen molar-refractivity contribution in [2.24, 2.45) is 11.7 Å². The number of piperidine rings is 1. The van der Waals surface area contributed by atoms with Crippen LogP contribution < -0.4 is 5.73 Å². The molecule has 1 fully saturated rings. The molecule has 2 rings (SSSR count). The van der Waals surface area contributed by atoms with E-state index in [-0.39, 0.29) is 12.0 Å². The summed E-state index contributed by atoms with van der Waals surface area (Å²) in [5.41, 5.74) is 7.15. The van der Waals surface area contributed by atoms with Crippen LogP contribution in [-0.2, 0) is 10.0 Å². The van der Waals surface area contributed by atoms with Gasteiger partial charge in [-0.1, -0.05) is 26.0 Å². The summed E-state index contributed by atoms with van der Waals surface area (Å²) < 4.78 is 27.2. The van der Waals surface area contributed by atoms with Crippen molar-refractivity contribution in [2.75, 3.05) is 13.1 Å². The Balaban J connectivity index is 2.19. The minimum Gasteiger partial charge on any atom is -0.328 e. The van der Waals surface area contributed by atoms with Crippen molar-refractivity contribution in [1.82, 2.24) is 4.31 Å². The highest BCUT2D eigenvalue weighted by atomic mass is 32.2. The predicted octanol–water partition coefficient (Wildman–Crippen LogP) is 2.95. The number of nitrogens with two attached hydrogens (primary N) is 1. The van der Waals surface area contributed by atoms with E-state index in [1.54, 1.807) is 16.4 Å². The first-order valence-corrected chi connectivity index (χ1v) is 9.66. The molecule has 0 spiro atoms. The molecule has 5 heteroatoms. The molecule has 1 heterocycles. The van der Waals surface area contributed by atoms with E-state index in [1.165, 1.54) is 5.56 Å². The Morgan fingerprint density at radius 3 is 2.45 bits per heavy atom. The molecule has 2 N–H and O–H groups in total. The van der Waals surface area contributed by atoms with Gasteiger partial charge in [0.1, 0.15) is 0 Å². The first-order valence-electron chi connectivity index (χ1n) is 8.22. The van der Waals surface area contributed by atoms with Crippen molar-refractivity contribution in [3.05, 3.63) is 29.8 Å². The average Bonchev–Trinajstić information content (AvgIpc) is 2.54. The normalized spacial score (nSPS) is 23.2. The SMILES string of the molecule is CCC(C)c1ccc(S(=O)(=O)N2CCCC(C(C)N)C2)cc1. The smallest absolute Gasteiger partial charge is 0.243 e. The standard InChI is InChI=1S/C17H28N2O2S/c1-4-13(2)15-7-9-17(10-8-15)22(20,21)19-11-5-6-16(12-19)14(3)18/h7-10,13-14,16H,4-6,11-12,18H2,1-3H3. The van der Waals surface area contributed by atoms with Gasteiger partial charge in [-0.3, -0.25) is 0 Å². The van der Waals surface area contributed by atoms with Gasteiger partial charge in [0.25, 0.3) is 0 Å². The Morgan fingerprint density at radius 2 is 1.91 bits per heavy atom. The number of sulfonamides is 1. The molecule has 0 bridgehead atoms. The zero-order valence-corrected chi connectivity index (χ0v) is 14.6. The van der Waals surface area contributed by atoms with E-state index in [9.17, 15) is 8.42 Å². The van der Waals surface area contributed by atoms with Gasteiger partial charge in [-0.2, -0.15) is 4.31 Å². The van der Waals surface area contributed by atoms with E-state index in [0.717, 1.165) is 19.3 Å². The minimum atomic E-state index is -3.40. The van der Waals surface area contributed by atoms with Gasteiger partial charge in [0.05, 0.1) is 4.90 Å². The van der Waals surface area contributed by atoms with Crippen LogP contribution >= 0.6 is 0 Å². The summed E-state index contributed by atoms with van der Waals surface area (Å²) in [4.78, 5) is 0.393. The van der Waals surface area contributed by atoms with E-state index in [2.05, 4.69) is 13.8 Å². The lowest BCUT2D eigenvalue weighted by atomic mass is 9.93. The molecule has 0 amide bonds. The lowest BCUT2D eigenvalue weighted by Crippen LogP contribution is -2.44. The van der Waals surface area contributed by atoms with E-state index in [0.29, 0.717) is 23.9 Å². The van der Waals surface area contributed by atoms with Gasteiger partial charge in [-0.25, -0.2) is 8.42 Å². The van der Waals surface area contributed by atoms with Crippen molar-refractivity contribution in [1.29, 1.82) is 0 Å². The molecule has 3 atom stereocenters. The summed E-state index contributed by atoms with van der Waals surface area (Å²) in [6.45, 7) is 7.38. The zero-order valence-electron chi connectivity index (χ0n) is 13.8. The van der Waals surface area contributed by atoms with Crippen molar-refractivity contribution in [3.63, 3.8) is 0 Å². The molecule has 22 heavy (non-hydrogen) atoms. The highest BCUT2D eigenvalue weighted by Gasteiger charge is 2.31.